The standard InChI is InChI=1S/C15H29NS/c1-5-15(3,4)12-6-7-13-14(8-12)17-10-11(2)9-16-13/h11-14,16H,5-10H2,1-4H3. The van der Waals surface area contributed by atoms with E-state index in [0.717, 1.165) is 23.1 Å². The summed E-state index contributed by atoms with van der Waals surface area (Å²) in [5.41, 5.74) is 0.545. The molecule has 0 aromatic rings. The van der Waals surface area contributed by atoms with Gasteiger partial charge in [-0.2, -0.15) is 11.8 Å². The minimum atomic E-state index is 0.545. The molecule has 1 heterocycles. The van der Waals surface area contributed by atoms with Gasteiger partial charge in [0.15, 0.2) is 0 Å². The van der Waals surface area contributed by atoms with E-state index in [4.69, 9.17) is 0 Å². The van der Waals surface area contributed by atoms with Gasteiger partial charge in [0.2, 0.25) is 0 Å². The normalized spacial score (nSPS) is 39.5. The number of fused-ring (bicyclic) bond motifs is 1. The van der Waals surface area contributed by atoms with E-state index in [2.05, 4.69) is 44.8 Å². The van der Waals surface area contributed by atoms with Crippen molar-refractivity contribution < 1.29 is 0 Å². The predicted molar refractivity (Wildman–Crippen MR) is 78.6 cm³/mol. The van der Waals surface area contributed by atoms with E-state index in [9.17, 15) is 0 Å². The Morgan fingerprint density at radius 1 is 1.29 bits per heavy atom. The van der Waals surface area contributed by atoms with Crippen LogP contribution in [0.5, 0.6) is 0 Å². The highest BCUT2D eigenvalue weighted by Gasteiger charge is 2.38. The summed E-state index contributed by atoms with van der Waals surface area (Å²) >= 11 is 2.24. The number of hydrogen-bond acceptors (Lipinski definition) is 2. The van der Waals surface area contributed by atoms with Gasteiger partial charge in [-0.15, -0.1) is 0 Å². The van der Waals surface area contributed by atoms with Crippen LogP contribution < -0.4 is 5.32 Å². The van der Waals surface area contributed by atoms with Crippen LogP contribution in [-0.4, -0.2) is 23.6 Å². The van der Waals surface area contributed by atoms with Gasteiger partial charge in [0, 0.05) is 11.3 Å². The highest BCUT2D eigenvalue weighted by molar-refractivity contribution is 8.00. The quantitative estimate of drug-likeness (QED) is 0.802. The zero-order valence-corrected chi connectivity index (χ0v) is 12.8. The Morgan fingerprint density at radius 3 is 2.76 bits per heavy atom. The summed E-state index contributed by atoms with van der Waals surface area (Å²) in [4.78, 5) is 0. The van der Waals surface area contributed by atoms with Crippen molar-refractivity contribution in [3.8, 4) is 0 Å². The third-order valence-corrected chi connectivity index (χ3v) is 6.84. The highest BCUT2D eigenvalue weighted by Crippen LogP contribution is 2.44. The molecular weight excluding hydrogens is 226 g/mol. The Balaban J connectivity index is 1.98. The van der Waals surface area contributed by atoms with Gasteiger partial charge in [-0.1, -0.05) is 34.1 Å². The van der Waals surface area contributed by atoms with Crippen molar-refractivity contribution in [2.75, 3.05) is 12.3 Å². The molecule has 2 fully saturated rings. The molecule has 1 N–H and O–H groups in total. The zero-order valence-electron chi connectivity index (χ0n) is 12.0. The van der Waals surface area contributed by atoms with Crippen molar-refractivity contribution >= 4 is 11.8 Å². The second-order valence-electron chi connectivity index (χ2n) is 6.84. The molecule has 1 saturated heterocycles. The van der Waals surface area contributed by atoms with Crippen molar-refractivity contribution in [3.63, 3.8) is 0 Å². The van der Waals surface area contributed by atoms with Crippen LogP contribution in [0, 0.1) is 17.3 Å². The van der Waals surface area contributed by atoms with E-state index in [1.807, 2.05) is 0 Å². The fourth-order valence-electron chi connectivity index (χ4n) is 3.24. The minimum absolute atomic E-state index is 0.545. The number of thioether (sulfide) groups is 1. The molecular formula is C15H29NS. The van der Waals surface area contributed by atoms with Crippen LogP contribution in [0.2, 0.25) is 0 Å². The molecule has 0 spiro atoms. The molecule has 100 valence electrons. The lowest BCUT2D eigenvalue weighted by Gasteiger charge is -2.42. The van der Waals surface area contributed by atoms with Crippen LogP contribution in [0.15, 0.2) is 0 Å². The fourth-order valence-corrected chi connectivity index (χ4v) is 4.77. The molecule has 17 heavy (non-hydrogen) atoms. The molecule has 1 aliphatic heterocycles. The molecule has 1 saturated carbocycles. The van der Waals surface area contributed by atoms with Gasteiger partial charge in [-0.3, -0.25) is 0 Å². The molecule has 4 atom stereocenters. The molecule has 0 bridgehead atoms. The molecule has 1 nitrogen and oxygen atoms in total. The molecule has 2 rings (SSSR count). The average Bonchev–Trinajstić information content (AvgIpc) is 2.51. The van der Waals surface area contributed by atoms with E-state index in [0.29, 0.717) is 5.41 Å². The Kier molecular flexibility index (Phi) is 4.46. The van der Waals surface area contributed by atoms with Crippen LogP contribution in [-0.2, 0) is 0 Å². The molecule has 0 radical (unpaired) electrons. The third-order valence-electron chi connectivity index (χ3n) is 5.13. The molecule has 0 aromatic carbocycles. The van der Waals surface area contributed by atoms with Gasteiger partial charge in [0.25, 0.3) is 0 Å². The van der Waals surface area contributed by atoms with Crippen LogP contribution in [0.3, 0.4) is 0 Å². The van der Waals surface area contributed by atoms with Crippen LogP contribution in [0.25, 0.3) is 0 Å². The smallest absolute Gasteiger partial charge is 0.0204 e. The minimum Gasteiger partial charge on any atom is -0.313 e. The Labute approximate surface area is 112 Å². The van der Waals surface area contributed by atoms with E-state index < -0.39 is 0 Å². The Hall–Kier alpha value is 0.310. The Morgan fingerprint density at radius 2 is 2.06 bits per heavy atom. The van der Waals surface area contributed by atoms with Crippen molar-refractivity contribution in [3.05, 3.63) is 0 Å². The van der Waals surface area contributed by atoms with E-state index in [-0.39, 0.29) is 0 Å². The van der Waals surface area contributed by atoms with Crippen molar-refractivity contribution in [2.45, 2.75) is 64.7 Å². The van der Waals surface area contributed by atoms with E-state index >= 15 is 0 Å². The topological polar surface area (TPSA) is 12.0 Å². The van der Waals surface area contributed by atoms with Gasteiger partial charge >= 0.3 is 0 Å². The maximum absolute atomic E-state index is 3.80. The highest BCUT2D eigenvalue weighted by atomic mass is 32.2. The molecule has 0 amide bonds. The second-order valence-corrected chi connectivity index (χ2v) is 8.12. The van der Waals surface area contributed by atoms with Crippen LogP contribution in [0.4, 0.5) is 0 Å². The summed E-state index contributed by atoms with van der Waals surface area (Å²) in [6.45, 7) is 10.9. The average molecular weight is 255 g/mol. The predicted octanol–water partition coefficient (Wildman–Crippen LogP) is 3.93. The fraction of sp³-hybridized carbons (Fsp3) is 1.00. The SMILES string of the molecule is CCC(C)(C)C1CCC2NCC(C)CSC2C1. The summed E-state index contributed by atoms with van der Waals surface area (Å²) in [5.74, 6) is 3.15. The zero-order chi connectivity index (χ0) is 12.5. The first-order valence-corrected chi connectivity index (χ1v) is 8.42. The third kappa shape index (κ3) is 3.20. The number of nitrogens with one attached hydrogen (secondary N) is 1. The van der Waals surface area contributed by atoms with Crippen LogP contribution >= 0.6 is 11.8 Å². The number of rotatable bonds is 2. The summed E-state index contributed by atoms with van der Waals surface area (Å²) in [7, 11) is 0. The molecule has 2 heteroatoms. The van der Waals surface area contributed by atoms with Crippen molar-refractivity contribution in [1.29, 1.82) is 0 Å². The largest absolute Gasteiger partial charge is 0.313 e. The van der Waals surface area contributed by atoms with E-state index in [1.165, 1.54) is 38.0 Å². The molecule has 1 aliphatic carbocycles. The summed E-state index contributed by atoms with van der Waals surface area (Å²) < 4.78 is 0. The first kappa shape index (κ1) is 13.7. The summed E-state index contributed by atoms with van der Waals surface area (Å²) in [5, 5.41) is 4.68. The molecule has 2 aliphatic rings. The monoisotopic (exact) mass is 255 g/mol. The first-order chi connectivity index (χ1) is 8.03. The van der Waals surface area contributed by atoms with Gasteiger partial charge in [0.1, 0.15) is 0 Å². The van der Waals surface area contributed by atoms with Crippen molar-refractivity contribution in [1.82, 2.24) is 5.32 Å². The molecule has 0 aromatic heterocycles. The summed E-state index contributed by atoms with van der Waals surface area (Å²) in [6.07, 6.45) is 5.60. The van der Waals surface area contributed by atoms with Gasteiger partial charge < -0.3 is 5.32 Å². The van der Waals surface area contributed by atoms with Gasteiger partial charge in [0.05, 0.1) is 0 Å². The van der Waals surface area contributed by atoms with Crippen molar-refractivity contribution in [2.24, 2.45) is 17.3 Å². The lowest BCUT2D eigenvalue weighted by Crippen LogP contribution is -2.44. The maximum atomic E-state index is 3.80. The maximum Gasteiger partial charge on any atom is 0.0204 e. The first-order valence-electron chi connectivity index (χ1n) is 7.38. The summed E-state index contributed by atoms with van der Waals surface area (Å²) in [6, 6.07) is 0.800. The van der Waals surface area contributed by atoms with Gasteiger partial charge in [-0.05, 0) is 48.8 Å². The lowest BCUT2D eigenvalue weighted by atomic mass is 9.68. The lowest BCUT2D eigenvalue weighted by molar-refractivity contribution is 0.141. The molecule has 4 unspecified atom stereocenters. The second kappa shape index (κ2) is 5.52. The number of hydrogen-bond donors (Lipinski definition) is 1. The van der Waals surface area contributed by atoms with E-state index in [1.54, 1.807) is 0 Å². The Bertz CT molecular complexity index is 251. The van der Waals surface area contributed by atoms with Gasteiger partial charge in [-0.25, -0.2) is 0 Å². The van der Waals surface area contributed by atoms with Crippen LogP contribution in [0.1, 0.15) is 53.4 Å².